The number of aryl methyl sites for hydroxylation is 1. The molecule has 0 atom stereocenters. The molecule has 29 heavy (non-hydrogen) atoms. The number of rotatable bonds is 8. The van der Waals surface area contributed by atoms with E-state index in [1.807, 2.05) is 79.2 Å². The van der Waals surface area contributed by atoms with E-state index < -0.39 is 0 Å². The van der Waals surface area contributed by atoms with Crippen LogP contribution in [0.15, 0.2) is 60.7 Å². The van der Waals surface area contributed by atoms with Gasteiger partial charge in [-0.05, 0) is 31.5 Å². The van der Waals surface area contributed by atoms with E-state index in [9.17, 15) is 4.79 Å². The summed E-state index contributed by atoms with van der Waals surface area (Å²) in [5.41, 5.74) is 5.08. The molecule has 0 saturated heterocycles. The molecule has 1 aromatic heterocycles. The SMILES string of the molecule is COCCN(Cc1ccccc1)C(=O)NCc1c(C)nn(-c2ccccc2)c1C. The number of hydrogen-bond donors (Lipinski definition) is 1. The van der Waals surface area contributed by atoms with Crippen LogP contribution >= 0.6 is 0 Å². The summed E-state index contributed by atoms with van der Waals surface area (Å²) in [5.74, 6) is 0. The summed E-state index contributed by atoms with van der Waals surface area (Å²) in [6, 6.07) is 19.9. The van der Waals surface area contributed by atoms with E-state index >= 15 is 0 Å². The standard InChI is InChI=1S/C23H28N4O2/c1-18-22(19(2)27(25-18)21-12-8-5-9-13-21)16-24-23(28)26(14-15-29-3)17-20-10-6-4-7-11-20/h4-13H,14-17H2,1-3H3,(H,24,28). The maximum absolute atomic E-state index is 12.9. The van der Waals surface area contributed by atoms with Crippen molar-refractivity contribution in [3.8, 4) is 5.69 Å². The molecule has 2 amide bonds. The maximum Gasteiger partial charge on any atom is 0.318 e. The minimum Gasteiger partial charge on any atom is -0.383 e. The molecule has 2 aromatic carbocycles. The summed E-state index contributed by atoms with van der Waals surface area (Å²) in [5, 5.41) is 7.71. The third kappa shape index (κ3) is 5.23. The number of amides is 2. The molecule has 152 valence electrons. The average molecular weight is 393 g/mol. The fourth-order valence-corrected chi connectivity index (χ4v) is 3.28. The van der Waals surface area contributed by atoms with Crippen molar-refractivity contribution < 1.29 is 9.53 Å². The Hall–Kier alpha value is -3.12. The molecular weight excluding hydrogens is 364 g/mol. The second-order valence-electron chi connectivity index (χ2n) is 6.96. The predicted octanol–water partition coefficient (Wildman–Crippen LogP) is 3.85. The highest BCUT2D eigenvalue weighted by molar-refractivity contribution is 5.74. The Morgan fingerprint density at radius 2 is 1.72 bits per heavy atom. The number of methoxy groups -OCH3 is 1. The van der Waals surface area contributed by atoms with Crippen LogP contribution in [0, 0.1) is 13.8 Å². The highest BCUT2D eigenvalue weighted by atomic mass is 16.5. The van der Waals surface area contributed by atoms with Gasteiger partial charge in [-0.3, -0.25) is 0 Å². The number of para-hydroxylation sites is 1. The van der Waals surface area contributed by atoms with Crippen LogP contribution in [0.3, 0.4) is 0 Å². The number of carbonyl (C=O) groups is 1. The normalized spacial score (nSPS) is 10.7. The summed E-state index contributed by atoms with van der Waals surface area (Å²) in [6.07, 6.45) is 0. The van der Waals surface area contributed by atoms with Gasteiger partial charge in [-0.1, -0.05) is 48.5 Å². The molecule has 3 aromatic rings. The average Bonchev–Trinajstić information content (AvgIpc) is 3.04. The van der Waals surface area contributed by atoms with Crippen LogP contribution in [0.1, 0.15) is 22.5 Å². The van der Waals surface area contributed by atoms with Crippen molar-refractivity contribution in [3.05, 3.63) is 83.2 Å². The molecule has 0 aliphatic carbocycles. The van der Waals surface area contributed by atoms with Gasteiger partial charge < -0.3 is 15.0 Å². The van der Waals surface area contributed by atoms with Crippen molar-refractivity contribution in [1.29, 1.82) is 0 Å². The molecule has 1 N–H and O–H groups in total. The number of nitrogens with zero attached hydrogens (tertiary/aromatic N) is 3. The third-order valence-corrected chi connectivity index (χ3v) is 4.93. The van der Waals surface area contributed by atoms with Crippen LogP contribution in [0.2, 0.25) is 0 Å². The zero-order chi connectivity index (χ0) is 20.6. The second kappa shape index (κ2) is 9.89. The molecule has 3 rings (SSSR count). The molecular formula is C23H28N4O2. The molecule has 0 aliphatic heterocycles. The van der Waals surface area contributed by atoms with Crippen molar-refractivity contribution in [2.45, 2.75) is 26.9 Å². The number of ether oxygens (including phenoxy) is 1. The molecule has 6 nitrogen and oxygen atoms in total. The summed E-state index contributed by atoms with van der Waals surface area (Å²) < 4.78 is 7.10. The first kappa shape index (κ1) is 20.6. The second-order valence-corrected chi connectivity index (χ2v) is 6.96. The monoisotopic (exact) mass is 392 g/mol. The van der Waals surface area contributed by atoms with Gasteiger partial charge in [0.1, 0.15) is 0 Å². The van der Waals surface area contributed by atoms with Crippen molar-refractivity contribution in [3.63, 3.8) is 0 Å². The van der Waals surface area contributed by atoms with Gasteiger partial charge in [0.15, 0.2) is 0 Å². The first-order valence-electron chi connectivity index (χ1n) is 9.76. The highest BCUT2D eigenvalue weighted by Gasteiger charge is 2.17. The van der Waals surface area contributed by atoms with Crippen molar-refractivity contribution in [2.75, 3.05) is 20.3 Å². The highest BCUT2D eigenvalue weighted by Crippen LogP contribution is 2.17. The van der Waals surface area contributed by atoms with Gasteiger partial charge in [0.05, 0.1) is 18.0 Å². The number of benzene rings is 2. The lowest BCUT2D eigenvalue weighted by Gasteiger charge is -2.23. The molecule has 0 fully saturated rings. The lowest BCUT2D eigenvalue weighted by molar-refractivity contribution is 0.146. The Kier molecular flexibility index (Phi) is 7.03. The molecule has 0 unspecified atom stereocenters. The van der Waals surface area contributed by atoms with E-state index in [-0.39, 0.29) is 6.03 Å². The maximum atomic E-state index is 12.9. The van der Waals surface area contributed by atoms with Crippen LogP contribution in [-0.4, -0.2) is 41.0 Å². The molecule has 0 spiro atoms. The van der Waals surface area contributed by atoms with E-state index in [1.165, 1.54) is 0 Å². The summed E-state index contributed by atoms with van der Waals surface area (Å²) >= 11 is 0. The Labute approximate surface area is 172 Å². The number of urea groups is 1. The van der Waals surface area contributed by atoms with E-state index in [0.717, 1.165) is 28.2 Å². The first-order chi connectivity index (χ1) is 14.1. The van der Waals surface area contributed by atoms with Crippen LogP contribution in [0.4, 0.5) is 4.79 Å². The van der Waals surface area contributed by atoms with Crippen LogP contribution in [0.25, 0.3) is 5.69 Å². The summed E-state index contributed by atoms with van der Waals surface area (Å²) in [7, 11) is 1.64. The van der Waals surface area contributed by atoms with Gasteiger partial charge >= 0.3 is 6.03 Å². The fourth-order valence-electron chi connectivity index (χ4n) is 3.28. The van der Waals surface area contributed by atoms with E-state index in [4.69, 9.17) is 4.74 Å². The molecule has 6 heteroatoms. The van der Waals surface area contributed by atoms with Gasteiger partial charge in [0.25, 0.3) is 0 Å². The quantitative estimate of drug-likeness (QED) is 0.633. The number of carbonyl (C=O) groups excluding carboxylic acids is 1. The third-order valence-electron chi connectivity index (χ3n) is 4.93. The van der Waals surface area contributed by atoms with Crippen molar-refractivity contribution in [2.24, 2.45) is 0 Å². The molecule has 0 bridgehead atoms. The zero-order valence-electron chi connectivity index (χ0n) is 17.3. The minimum atomic E-state index is -0.114. The summed E-state index contributed by atoms with van der Waals surface area (Å²) in [4.78, 5) is 14.6. The lowest BCUT2D eigenvalue weighted by Crippen LogP contribution is -2.41. The summed E-state index contributed by atoms with van der Waals surface area (Å²) in [6.45, 7) is 5.99. The fraction of sp³-hybridized carbons (Fsp3) is 0.304. The van der Waals surface area contributed by atoms with Gasteiger partial charge in [0.2, 0.25) is 0 Å². The van der Waals surface area contributed by atoms with Crippen molar-refractivity contribution >= 4 is 6.03 Å². The van der Waals surface area contributed by atoms with Crippen LogP contribution in [0.5, 0.6) is 0 Å². The minimum absolute atomic E-state index is 0.114. The molecule has 0 saturated carbocycles. The molecule has 1 heterocycles. The topological polar surface area (TPSA) is 59.4 Å². The Morgan fingerprint density at radius 3 is 2.38 bits per heavy atom. The van der Waals surface area contributed by atoms with E-state index in [1.54, 1.807) is 12.0 Å². The Morgan fingerprint density at radius 1 is 1.07 bits per heavy atom. The van der Waals surface area contributed by atoms with Gasteiger partial charge in [-0.2, -0.15) is 5.10 Å². The van der Waals surface area contributed by atoms with Gasteiger partial charge in [0, 0.05) is 38.0 Å². The molecule has 0 aliphatic rings. The van der Waals surface area contributed by atoms with Crippen LogP contribution < -0.4 is 5.32 Å². The van der Waals surface area contributed by atoms with Crippen molar-refractivity contribution in [1.82, 2.24) is 20.0 Å². The first-order valence-corrected chi connectivity index (χ1v) is 9.76. The predicted molar refractivity (Wildman–Crippen MR) is 114 cm³/mol. The van der Waals surface area contributed by atoms with Gasteiger partial charge in [-0.25, -0.2) is 9.48 Å². The lowest BCUT2D eigenvalue weighted by atomic mass is 10.2. The largest absolute Gasteiger partial charge is 0.383 e. The molecule has 0 radical (unpaired) electrons. The Bertz CT molecular complexity index is 923. The zero-order valence-corrected chi connectivity index (χ0v) is 17.3. The number of hydrogen-bond acceptors (Lipinski definition) is 3. The number of nitrogens with one attached hydrogen (secondary N) is 1. The number of aromatic nitrogens is 2. The van der Waals surface area contributed by atoms with Gasteiger partial charge in [-0.15, -0.1) is 0 Å². The van der Waals surface area contributed by atoms with E-state index in [0.29, 0.717) is 26.2 Å². The smallest absolute Gasteiger partial charge is 0.318 e. The van der Waals surface area contributed by atoms with E-state index in [2.05, 4.69) is 10.4 Å². The Balaban J connectivity index is 1.70. The van der Waals surface area contributed by atoms with Crippen LogP contribution in [-0.2, 0) is 17.8 Å².